The van der Waals surface area contributed by atoms with Crippen LogP contribution < -0.4 is 0 Å². The summed E-state index contributed by atoms with van der Waals surface area (Å²) in [6.07, 6.45) is 1.31. The predicted molar refractivity (Wildman–Crippen MR) is 58.0 cm³/mol. The lowest BCUT2D eigenvalue weighted by Gasteiger charge is -2.32. The maximum atomic E-state index is 5.66. The quantitative estimate of drug-likeness (QED) is 0.633. The maximum Gasteiger partial charge on any atom is 0.0935 e. The van der Waals surface area contributed by atoms with E-state index in [-0.39, 0.29) is 6.10 Å². The minimum atomic E-state index is 0.249. The average Bonchev–Trinajstić information content (AvgIpc) is 2.24. The van der Waals surface area contributed by atoms with Gasteiger partial charge in [-0.2, -0.15) is 0 Å². The molecule has 0 N–H and O–H groups in total. The third-order valence-corrected chi connectivity index (χ3v) is 2.61. The lowest BCUT2D eigenvalue weighted by Crippen LogP contribution is -2.44. The smallest absolute Gasteiger partial charge is 0.0935 e. The lowest BCUT2D eigenvalue weighted by molar-refractivity contribution is -0.0672. The minimum Gasteiger partial charge on any atom is -0.379 e. The molecule has 3 nitrogen and oxygen atoms in total. The molecule has 0 aromatic carbocycles. The number of morpholine rings is 1. The van der Waals surface area contributed by atoms with Gasteiger partial charge in [-0.05, 0) is 19.9 Å². The van der Waals surface area contributed by atoms with Crippen LogP contribution in [0.5, 0.6) is 0 Å². The zero-order chi connectivity index (χ0) is 10.2. The van der Waals surface area contributed by atoms with Gasteiger partial charge in [0.2, 0.25) is 0 Å². The van der Waals surface area contributed by atoms with Crippen LogP contribution in [-0.2, 0) is 9.47 Å². The van der Waals surface area contributed by atoms with Crippen LogP contribution in [0.1, 0.15) is 13.3 Å². The zero-order valence-corrected chi connectivity index (χ0v) is 9.63. The monoisotopic (exact) mass is 221 g/mol. The Morgan fingerprint density at radius 2 is 2.43 bits per heavy atom. The van der Waals surface area contributed by atoms with Crippen LogP contribution in [0.2, 0.25) is 0 Å². The van der Waals surface area contributed by atoms with Gasteiger partial charge in [0.15, 0.2) is 0 Å². The Bertz CT molecular complexity index is 132. The second-order valence-electron chi connectivity index (χ2n) is 3.50. The fraction of sp³-hybridized carbons (Fsp3) is 1.00. The molecule has 1 saturated heterocycles. The molecule has 1 aliphatic heterocycles. The van der Waals surface area contributed by atoms with Crippen LogP contribution in [0.15, 0.2) is 0 Å². The Labute approximate surface area is 91.3 Å². The summed E-state index contributed by atoms with van der Waals surface area (Å²) in [4.78, 5) is 2.40. The highest BCUT2D eigenvalue weighted by Crippen LogP contribution is 2.06. The SMILES string of the molecule is CCOC[C@@H]1CN(CCCCl)CCO1. The van der Waals surface area contributed by atoms with Gasteiger partial charge < -0.3 is 9.47 Å². The number of halogens is 1. The number of alkyl halides is 1. The topological polar surface area (TPSA) is 21.7 Å². The Kier molecular flexibility index (Phi) is 6.52. The first-order chi connectivity index (χ1) is 6.86. The summed E-state index contributed by atoms with van der Waals surface area (Å²) in [6, 6.07) is 0. The Morgan fingerprint density at radius 3 is 3.14 bits per heavy atom. The molecule has 0 aliphatic carbocycles. The minimum absolute atomic E-state index is 0.249. The molecule has 1 atom stereocenters. The van der Waals surface area contributed by atoms with E-state index in [1.165, 1.54) is 0 Å². The summed E-state index contributed by atoms with van der Waals surface area (Å²) >= 11 is 5.66. The number of ether oxygens (including phenoxy) is 2. The van der Waals surface area contributed by atoms with Crippen LogP contribution in [0.4, 0.5) is 0 Å². The van der Waals surface area contributed by atoms with E-state index in [1.54, 1.807) is 0 Å². The predicted octanol–water partition coefficient (Wildman–Crippen LogP) is 1.35. The van der Waals surface area contributed by atoms with E-state index in [1.807, 2.05) is 6.92 Å². The molecule has 0 saturated carbocycles. The first-order valence-electron chi connectivity index (χ1n) is 5.34. The largest absolute Gasteiger partial charge is 0.379 e. The van der Waals surface area contributed by atoms with Gasteiger partial charge in [-0.25, -0.2) is 0 Å². The molecule has 1 rings (SSSR count). The molecule has 4 heteroatoms. The van der Waals surface area contributed by atoms with Crippen LogP contribution >= 0.6 is 11.6 Å². The van der Waals surface area contributed by atoms with Crippen molar-refractivity contribution >= 4 is 11.6 Å². The number of hydrogen-bond acceptors (Lipinski definition) is 3. The molecule has 14 heavy (non-hydrogen) atoms. The molecule has 0 aromatic heterocycles. The third kappa shape index (κ3) is 4.60. The second-order valence-corrected chi connectivity index (χ2v) is 3.87. The van der Waals surface area contributed by atoms with Crippen molar-refractivity contribution in [1.29, 1.82) is 0 Å². The Hall–Kier alpha value is 0.170. The van der Waals surface area contributed by atoms with Gasteiger partial charge in [-0.1, -0.05) is 0 Å². The molecule has 0 aromatic rings. The van der Waals surface area contributed by atoms with Crippen LogP contribution in [0.3, 0.4) is 0 Å². The molecule has 0 spiro atoms. The first-order valence-corrected chi connectivity index (χ1v) is 5.88. The highest BCUT2D eigenvalue weighted by molar-refractivity contribution is 6.17. The van der Waals surface area contributed by atoms with Crippen molar-refractivity contribution in [1.82, 2.24) is 4.90 Å². The molecule has 1 heterocycles. The van der Waals surface area contributed by atoms with E-state index in [0.29, 0.717) is 6.61 Å². The average molecular weight is 222 g/mol. The summed E-state index contributed by atoms with van der Waals surface area (Å²) in [5.74, 6) is 0.744. The van der Waals surface area contributed by atoms with Gasteiger partial charge in [0.1, 0.15) is 0 Å². The van der Waals surface area contributed by atoms with Crippen molar-refractivity contribution in [2.24, 2.45) is 0 Å². The van der Waals surface area contributed by atoms with Gasteiger partial charge in [0.05, 0.1) is 19.3 Å². The molecular formula is C10H20ClNO2. The highest BCUT2D eigenvalue weighted by Gasteiger charge is 2.19. The summed E-state index contributed by atoms with van der Waals surface area (Å²) < 4.78 is 10.9. The maximum absolute atomic E-state index is 5.66. The van der Waals surface area contributed by atoms with Gasteiger partial charge >= 0.3 is 0 Å². The van der Waals surface area contributed by atoms with E-state index in [4.69, 9.17) is 21.1 Å². The lowest BCUT2D eigenvalue weighted by atomic mass is 10.2. The molecule has 1 fully saturated rings. The standard InChI is InChI=1S/C10H20ClNO2/c1-2-13-9-10-8-12(5-3-4-11)6-7-14-10/h10H,2-9H2,1H3/t10-/m0/s1. The van der Waals surface area contributed by atoms with E-state index in [2.05, 4.69) is 4.90 Å². The molecule has 1 aliphatic rings. The van der Waals surface area contributed by atoms with Crippen molar-refractivity contribution in [3.63, 3.8) is 0 Å². The van der Waals surface area contributed by atoms with E-state index >= 15 is 0 Å². The normalized spacial score (nSPS) is 24.0. The summed E-state index contributed by atoms with van der Waals surface area (Å²) in [5.41, 5.74) is 0. The van der Waals surface area contributed by atoms with E-state index in [9.17, 15) is 0 Å². The highest BCUT2D eigenvalue weighted by atomic mass is 35.5. The van der Waals surface area contributed by atoms with Gasteiger partial charge in [-0.3, -0.25) is 4.90 Å². The Morgan fingerprint density at radius 1 is 1.57 bits per heavy atom. The second kappa shape index (κ2) is 7.46. The van der Waals surface area contributed by atoms with Gasteiger partial charge in [0, 0.05) is 25.6 Å². The van der Waals surface area contributed by atoms with Crippen molar-refractivity contribution in [2.45, 2.75) is 19.4 Å². The van der Waals surface area contributed by atoms with Gasteiger partial charge in [0.25, 0.3) is 0 Å². The summed E-state index contributed by atoms with van der Waals surface area (Å²) in [5, 5.41) is 0. The van der Waals surface area contributed by atoms with E-state index in [0.717, 1.165) is 45.1 Å². The van der Waals surface area contributed by atoms with Crippen molar-refractivity contribution < 1.29 is 9.47 Å². The molecule has 0 radical (unpaired) electrons. The molecule has 0 bridgehead atoms. The zero-order valence-electron chi connectivity index (χ0n) is 8.88. The van der Waals surface area contributed by atoms with Gasteiger partial charge in [-0.15, -0.1) is 11.6 Å². The molecule has 0 amide bonds. The third-order valence-electron chi connectivity index (χ3n) is 2.34. The van der Waals surface area contributed by atoms with Crippen LogP contribution in [-0.4, -0.2) is 56.3 Å². The number of nitrogens with zero attached hydrogens (tertiary/aromatic N) is 1. The fourth-order valence-electron chi connectivity index (χ4n) is 1.62. The molecule has 0 unspecified atom stereocenters. The fourth-order valence-corrected chi connectivity index (χ4v) is 1.74. The van der Waals surface area contributed by atoms with E-state index < -0.39 is 0 Å². The van der Waals surface area contributed by atoms with Crippen LogP contribution in [0.25, 0.3) is 0 Å². The number of rotatable bonds is 6. The van der Waals surface area contributed by atoms with Crippen molar-refractivity contribution in [3.8, 4) is 0 Å². The van der Waals surface area contributed by atoms with Crippen molar-refractivity contribution in [3.05, 3.63) is 0 Å². The van der Waals surface area contributed by atoms with Crippen LogP contribution in [0, 0.1) is 0 Å². The number of hydrogen-bond donors (Lipinski definition) is 0. The summed E-state index contributed by atoms with van der Waals surface area (Å²) in [6.45, 7) is 7.40. The Balaban J connectivity index is 2.14. The first kappa shape index (κ1) is 12.2. The van der Waals surface area contributed by atoms with Crippen molar-refractivity contribution in [2.75, 3.05) is 45.3 Å². The molecular weight excluding hydrogens is 202 g/mol. The molecule has 84 valence electrons. The summed E-state index contributed by atoms with van der Waals surface area (Å²) in [7, 11) is 0.